The number of hydrogen-bond acceptors (Lipinski definition) is 3. The molecule has 0 aliphatic carbocycles. The third kappa shape index (κ3) is 1.88. The van der Waals surface area contributed by atoms with E-state index in [4.69, 9.17) is 0 Å². The van der Waals surface area contributed by atoms with Gasteiger partial charge < -0.3 is 4.90 Å². The molecule has 0 saturated carbocycles. The van der Waals surface area contributed by atoms with Crippen LogP contribution < -0.4 is 0 Å². The molecule has 2 fully saturated rings. The quantitative estimate of drug-likeness (QED) is 0.851. The van der Waals surface area contributed by atoms with Crippen LogP contribution in [0.3, 0.4) is 0 Å². The predicted molar refractivity (Wildman–Crippen MR) is 77.8 cm³/mol. The third-order valence-corrected chi connectivity index (χ3v) is 5.29. The van der Waals surface area contributed by atoms with Crippen molar-refractivity contribution in [3.05, 3.63) is 40.8 Å². The second kappa shape index (κ2) is 4.74. The Bertz CT molecular complexity index is 579. The summed E-state index contributed by atoms with van der Waals surface area (Å²) in [5.74, 6) is 0.220. The van der Waals surface area contributed by atoms with Gasteiger partial charge in [0.05, 0.1) is 11.6 Å². The third-order valence-electron chi connectivity index (χ3n) is 4.61. The number of fused-ring (bicyclic) bond motifs is 2. The van der Waals surface area contributed by atoms with E-state index in [1.807, 2.05) is 35.3 Å². The van der Waals surface area contributed by atoms with Gasteiger partial charge in [-0.2, -0.15) is 16.4 Å². The fraction of sp³-hybridized carbons (Fsp3) is 0.467. The molecule has 0 N–H and O–H groups in total. The van der Waals surface area contributed by atoms with Gasteiger partial charge >= 0.3 is 0 Å². The van der Waals surface area contributed by atoms with Crippen molar-refractivity contribution < 1.29 is 4.79 Å². The van der Waals surface area contributed by atoms with Gasteiger partial charge in [-0.25, -0.2) is 0 Å². The number of piperidine rings is 1. The summed E-state index contributed by atoms with van der Waals surface area (Å²) >= 11 is 1.59. The molecule has 4 heterocycles. The van der Waals surface area contributed by atoms with E-state index in [0.717, 1.165) is 31.2 Å². The van der Waals surface area contributed by atoms with Crippen LogP contribution in [0.15, 0.2) is 35.3 Å². The topological polar surface area (TPSA) is 38.1 Å². The highest BCUT2D eigenvalue weighted by atomic mass is 32.1. The molecule has 2 unspecified atom stereocenters. The van der Waals surface area contributed by atoms with Crippen molar-refractivity contribution in [1.29, 1.82) is 0 Å². The minimum Gasteiger partial charge on any atom is -0.332 e. The number of aromatic nitrogens is 2. The highest BCUT2D eigenvalue weighted by Crippen LogP contribution is 2.41. The van der Waals surface area contributed by atoms with E-state index in [9.17, 15) is 4.79 Å². The number of amides is 1. The van der Waals surface area contributed by atoms with E-state index in [2.05, 4.69) is 14.7 Å². The summed E-state index contributed by atoms with van der Waals surface area (Å²) in [5.41, 5.74) is 0.851. The van der Waals surface area contributed by atoms with E-state index in [1.165, 1.54) is 0 Å². The average Bonchev–Trinajstić information content (AvgIpc) is 3.18. The molecule has 2 saturated heterocycles. The minimum absolute atomic E-state index is 0.220. The van der Waals surface area contributed by atoms with Gasteiger partial charge in [0, 0.05) is 29.9 Å². The van der Waals surface area contributed by atoms with Crippen LogP contribution in [0.4, 0.5) is 0 Å². The molecule has 0 aromatic carbocycles. The van der Waals surface area contributed by atoms with Crippen molar-refractivity contribution in [1.82, 2.24) is 14.7 Å². The van der Waals surface area contributed by atoms with E-state index in [0.29, 0.717) is 18.1 Å². The molecule has 2 aliphatic heterocycles. The number of nitrogens with zero attached hydrogens (tertiary/aromatic N) is 3. The highest BCUT2D eigenvalue weighted by molar-refractivity contribution is 7.08. The number of carbonyl (C=O) groups excluding carboxylic acids is 1. The van der Waals surface area contributed by atoms with Gasteiger partial charge in [0.15, 0.2) is 0 Å². The second-order valence-corrected chi connectivity index (χ2v) is 6.50. The number of carbonyl (C=O) groups is 1. The highest BCUT2D eigenvalue weighted by Gasteiger charge is 2.44. The minimum atomic E-state index is 0.220. The van der Waals surface area contributed by atoms with E-state index < -0.39 is 0 Å². The Kier molecular flexibility index (Phi) is 2.88. The molecular weight excluding hydrogens is 270 g/mol. The first kappa shape index (κ1) is 12.1. The number of hydrogen-bond donors (Lipinski definition) is 0. The zero-order chi connectivity index (χ0) is 13.5. The lowest BCUT2D eigenvalue weighted by Gasteiger charge is -2.39. The molecule has 5 heteroatoms. The standard InChI is InChI=1S/C15H17N3OS/c19-15(11-4-7-20-10-11)18-12-2-3-13(18)9-14(8-12)17-6-1-5-16-17/h1,4-7,10,12-14H,2-3,8-9H2. The summed E-state index contributed by atoms with van der Waals surface area (Å²) in [6, 6.07) is 5.14. The Morgan fingerprint density at radius 1 is 1.25 bits per heavy atom. The van der Waals surface area contributed by atoms with Gasteiger partial charge in [0.2, 0.25) is 0 Å². The summed E-state index contributed by atoms with van der Waals surface area (Å²) < 4.78 is 2.07. The summed E-state index contributed by atoms with van der Waals surface area (Å²) in [7, 11) is 0. The smallest absolute Gasteiger partial charge is 0.255 e. The molecule has 0 spiro atoms. The summed E-state index contributed by atoms with van der Waals surface area (Å²) in [4.78, 5) is 14.8. The fourth-order valence-corrected chi connectivity index (χ4v) is 4.36. The molecule has 2 aliphatic rings. The first-order chi connectivity index (χ1) is 9.83. The van der Waals surface area contributed by atoms with Gasteiger partial charge in [-0.3, -0.25) is 9.48 Å². The predicted octanol–water partition coefficient (Wildman–Crippen LogP) is 2.95. The Hall–Kier alpha value is -1.62. The van der Waals surface area contributed by atoms with E-state index >= 15 is 0 Å². The van der Waals surface area contributed by atoms with Crippen molar-refractivity contribution in [3.63, 3.8) is 0 Å². The van der Waals surface area contributed by atoms with Crippen molar-refractivity contribution in [2.75, 3.05) is 0 Å². The lowest BCUT2D eigenvalue weighted by atomic mass is 9.97. The summed E-state index contributed by atoms with van der Waals surface area (Å²) in [6.45, 7) is 0. The Morgan fingerprint density at radius 3 is 2.65 bits per heavy atom. The molecule has 4 nitrogen and oxygen atoms in total. The maximum Gasteiger partial charge on any atom is 0.255 e. The van der Waals surface area contributed by atoms with Crippen molar-refractivity contribution in [2.24, 2.45) is 0 Å². The van der Waals surface area contributed by atoms with Gasteiger partial charge in [0.25, 0.3) is 5.91 Å². The van der Waals surface area contributed by atoms with E-state index in [1.54, 1.807) is 11.3 Å². The maximum absolute atomic E-state index is 12.6. The SMILES string of the molecule is O=C(c1ccsc1)N1C2CCC1CC(n1cccn1)C2. The monoisotopic (exact) mass is 287 g/mol. The lowest BCUT2D eigenvalue weighted by molar-refractivity contribution is 0.0525. The number of rotatable bonds is 2. The molecular formula is C15H17N3OS. The van der Waals surface area contributed by atoms with Crippen LogP contribution in [0.1, 0.15) is 42.1 Å². The first-order valence-corrected chi connectivity index (χ1v) is 8.11. The number of thiophene rings is 1. The van der Waals surface area contributed by atoms with Crippen LogP contribution in [0, 0.1) is 0 Å². The first-order valence-electron chi connectivity index (χ1n) is 7.17. The Morgan fingerprint density at radius 2 is 2.05 bits per heavy atom. The normalized spacial score (nSPS) is 28.8. The van der Waals surface area contributed by atoms with Gasteiger partial charge in [0.1, 0.15) is 0 Å². The van der Waals surface area contributed by atoms with Crippen LogP contribution in [0.25, 0.3) is 0 Å². The Labute approximate surface area is 122 Å². The maximum atomic E-state index is 12.6. The second-order valence-electron chi connectivity index (χ2n) is 5.72. The Balaban J connectivity index is 1.56. The van der Waals surface area contributed by atoms with Crippen molar-refractivity contribution in [3.8, 4) is 0 Å². The van der Waals surface area contributed by atoms with Crippen LogP contribution in [0.5, 0.6) is 0 Å². The van der Waals surface area contributed by atoms with Crippen LogP contribution in [-0.2, 0) is 0 Å². The van der Waals surface area contributed by atoms with Gasteiger partial charge in [-0.15, -0.1) is 0 Å². The molecule has 1 amide bonds. The average molecular weight is 287 g/mol. The molecule has 2 aromatic heterocycles. The molecule has 2 atom stereocenters. The van der Waals surface area contributed by atoms with Crippen LogP contribution in [-0.4, -0.2) is 32.7 Å². The zero-order valence-electron chi connectivity index (χ0n) is 11.2. The van der Waals surface area contributed by atoms with E-state index in [-0.39, 0.29) is 5.91 Å². The van der Waals surface area contributed by atoms with Crippen LogP contribution >= 0.6 is 11.3 Å². The molecule has 2 bridgehead atoms. The van der Waals surface area contributed by atoms with Gasteiger partial charge in [-0.1, -0.05) is 0 Å². The van der Waals surface area contributed by atoms with Crippen molar-refractivity contribution in [2.45, 2.75) is 43.8 Å². The fourth-order valence-electron chi connectivity index (χ4n) is 3.73. The molecule has 20 heavy (non-hydrogen) atoms. The zero-order valence-corrected chi connectivity index (χ0v) is 12.0. The van der Waals surface area contributed by atoms with Crippen molar-refractivity contribution >= 4 is 17.2 Å². The lowest BCUT2D eigenvalue weighted by Crippen LogP contribution is -2.46. The summed E-state index contributed by atoms with van der Waals surface area (Å²) in [6.07, 6.45) is 8.23. The largest absolute Gasteiger partial charge is 0.332 e. The van der Waals surface area contributed by atoms with Gasteiger partial charge in [-0.05, 0) is 43.2 Å². The molecule has 0 radical (unpaired) electrons. The van der Waals surface area contributed by atoms with Crippen LogP contribution in [0.2, 0.25) is 0 Å². The summed E-state index contributed by atoms with van der Waals surface area (Å²) in [5, 5.41) is 8.31. The molecule has 104 valence electrons. The molecule has 2 aromatic rings. The molecule has 4 rings (SSSR count).